The lowest BCUT2D eigenvalue weighted by molar-refractivity contribution is -0.120. The van der Waals surface area contributed by atoms with Crippen molar-refractivity contribution in [3.05, 3.63) is 48.0 Å². The summed E-state index contributed by atoms with van der Waals surface area (Å²) in [6.07, 6.45) is -0.564. The standard InChI is InChI=1S/C25H28N4O4S/c1-6-20(30)29-18-12-8-7-10-16(18)21-23(26-25(28-27-21)34-14-15(2)3)33-24(29)17-11-9-13-19(31-4)22(17)32-5/h7-13,15,24H,6,14H2,1-5H3/t24-/m1/s1. The fourth-order valence-corrected chi connectivity index (χ4v) is 4.49. The topological polar surface area (TPSA) is 86.7 Å². The number of para-hydroxylation sites is 2. The molecule has 0 saturated heterocycles. The monoisotopic (exact) mass is 480 g/mol. The second kappa shape index (κ2) is 10.3. The molecule has 0 N–H and O–H groups in total. The molecule has 0 spiro atoms. The quantitative estimate of drug-likeness (QED) is 0.430. The zero-order valence-electron chi connectivity index (χ0n) is 19.9. The van der Waals surface area contributed by atoms with Crippen LogP contribution in [0.2, 0.25) is 0 Å². The lowest BCUT2D eigenvalue weighted by Crippen LogP contribution is -2.37. The number of methoxy groups -OCH3 is 2. The number of benzene rings is 2. The summed E-state index contributed by atoms with van der Waals surface area (Å²) in [5.74, 6) is 2.55. The van der Waals surface area contributed by atoms with Crippen molar-refractivity contribution >= 4 is 23.4 Å². The van der Waals surface area contributed by atoms with Crippen LogP contribution in [-0.2, 0) is 4.79 Å². The van der Waals surface area contributed by atoms with Gasteiger partial charge in [-0.2, -0.15) is 4.98 Å². The Labute approximate surface area is 203 Å². The molecule has 1 atom stereocenters. The van der Waals surface area contributed by atoms with Crippen molar-refractivity contribution in [2.45, 2.75) is 38.6 Å². The Morgan fingerprint density at radius 2 is 1.91 bits per heavy atom. The first kappa shape index (κ1) is 23.8. The maximum atomic E-state index is 13.3. The van der Waals surface area contributed by atoms with Gasteiger partial charge in [0.1, 0.15) is 0 Å². The minimum absolute atomic E-state index is 0.113. The molecular weight excluding hydrogens is 452 g/mol. The Balaban J connectivity index is 1.93. The van der Waals surface area contributed by atoms with Crippen LogP contribution >= 0.6 is 11.8 Å². The molecule has 178 valence electrons. The molecule has 0 fully saturated rings. The molecule has 2 heterocycles. The molecule has 0 radical (unpaired) electrons. The van der Waals surface area contributed by atoms with Gasteiger partial charge in [0, 0.05) is 17.7 Å². The average molecular weight is 481 g/mol. The summed E-state index contributed by atoms with van der Waals surface area (Å²) in [4.78, 5) is 19.7. The summed E-state index contributed by atoms with van der Waals surface area (Å²) in [5.41, 5.74) is 2.52. The van der Waals surface area contributed by atoms with E-state index in [1.54, 1.807) is 25.2 Å². The Hall–Kier alpha value is -3.33. The number of carbonyl (C=O) groups is 1. The van der Waals surface area contributed by atoms with E-state index in [-0.39, 0.29) is 12.3 Å². The molecule has 0 bridgehead atoms. The molecule has 1 aliphatic heterocycles. The fraction of sp³-hybridized carbons (Fsp3) is 0.360. The molecule has 34 heavy (non-hydrogen) atoms. The summed E-state index contributed by atoms with van der Waals surface area (Å²) in [6.45, 7) is 6.09. The first-order valence-electron chi connectivity index (χ1n) is 11.1. The van der Waals surface area contributed by atoms with Gasteiger partial charge in [-0.1, -0.05) is 56.8 Å². The first-order valence-corrected chi connectivity index (χ1v) is 12.1. The SMILES string of the molecule is CCC(=O)N1c2ccccc2-c2nnc(SCC(C)C)nc2O[C@@H]1c1cccc(OC)c1OC. The van der Waals surface area contributed by atoms with Crippen molar-refractivity contribution in [3.63, 3.8) is 0 Å². The maximum Gasteiger partial charge on any atom is 0.247 e. The van der Waals surface area contributed by atoms with Crippen LogP contribution in [0.1, 0.15) is 39.0 Å². The van der Waals surface area contributed by atoms with Gasteiger partial charge in [0.2, 0.25) is 23.2 Å². The highest BCUT2D eigenvalue weighted by molar-refractivity contribution is 7.99. The lowest BCUT2D eigenvalue weighted by Gasteiger charge is -2.31. The van der Waals surface area contributed by atoms with Crippen LogP contribution in [-0.4, -0.2) is 41.1 Å². The molecule has 0 unspecified atom stereocenters. The van der Waals surface area contributed by atoms with Gasteiger partial charge in [0.25, 0.3) is 0 Å². The van der Waals surface area contributed by atoms with E-state index in [1.807, 2.05) is 43.3 Å². The number of aromatic nitrogens is 3. The van der Waals surface area contributed by atoms with Crippen molar-refractivity contribution in [1.82, 2.24) is 15.2 Å². The van der Waals surface area contributed by atoms with Crippen molar-refractivity contribution in [1.29, 1.82) is 0 Å². The Bertz CT molecular complexity index is 1190. The van der Waals surface area contributed by atoms with Crippen LogP contribution in [0.5, 0.6) is 17.4 Å². The number of nitrogens with zero attached hydrogens (tertiary/aromatic N) is 4. The van der Waals surface area contributed by atoms with Crippen LogP contribution in [0.25, 0.3) is 11.3 Å². The van der Waals surface area contributed by atoms with Gasteiger partial charge in [0.15, 0.2) is 17.2 Å². The van der Waals surface area contributed by atoms with E-state index < -0.39 is 6.23 Å². The number of thioether (sulfide) groups is 1. The molecule has 9 heteroatoms. The highest BCUT2D eigenvalue weighted by atomic mass is 32.2. The second-order valence-corrected chi connectivity index (χ2v) is 9.13. The number of carbonyl (C=O) groups excluding carboxylic acids is 1. The van der Waals surface area contributed by atoms with E-state index in [0.29, 0.717) is 45.4 Å². The minimum atomic E-state index is -0.848. The molecule has 1 aromatic heterocycles. The second-order valence-electron chi connectivity index (χ2n) is 8.14. The molecule has 0 saturated carbocycles. The third kappa shape index (κ3) is 4.52. The Morgan fingerprint density at radius 3 is 2.62 bits per heavy atom. The number of ether oxygens (including phenoxy) is 3. The summed E-state index contributed by atoms with van der Waals surface area (Å²) in [7, 11) is 3.14. The van der Waals surface area contributed by atoms with E-state index in [9.17, 15) is 4.79 Å². The number of rotatable bonds is 7. The smallest absolute Gasteiger partial charge is 0.247 e. The largest absolute Gasteiger partial charge is 0.493 e. The summed E-state index contributed by atoms with van der Waals surface area (Å²) >= 11 is 1.52. The number of hydrogen-bond donors (Lipinski definition) is 0. The molecule has 1 amide bonds. The molecular formula is C25H28N4O4S. The highest BCUT2D eigenvalue weighted by Gasteiger charge is 2.37. The Morgan fingerprint density at radius 1 is 1.12 bits per heavy atom. The van der Waals surface area contributed by atoms with Gasteiger partial charge in [-0.15, -0.1) is 10.2 Å². The lowest BCUT2D eigenvalue weighted by atomic mass is 10.1. The van der Waals surface area contributed by atoms with Gasteiger partial charge in [-0.3, -0.25) is 9.69 Å². The zero-order valence-corrected chi connectivity index (χ0v) is 20.8. The molecule has 4 rings (SSSR count). The van der Waals surface area contributed by atoms with E-state index in [0.717, 1.165) is 11.3 Å². The van der Waals surface area contributed by atoms with Gasteiger partial charge in [-0.05, 0) is 24.1 Å². The van der Waals surface area contributed by atoms with Crippen LogP contribution in [0.15, 0.2) is 47.6 Å². The number of fused-ring (bicyclic) bond motifs is 3. The zero-order chi connectivity index (χ0) is 24.2. The van der Waals surface area contributed by atoms with Gasteiger partial charge in [0.05, 0.1) is 25.5 Å². The van der Waals surface area contributed by atoms with E-state index in [1.165, 1.54) is 11.8 Å². The van der Waals surface area contributed by atoms with Crippen LogP contribution < -0.4 is 19.1 Å². The van der Waals surface area contributed by atoms with E-state index in [2.05, 4.69) is 24.0 Å². The van der Waals surface area contributed by atoms with Crippen molar-refractivity contribution in [2.24, 2.45) is 5.92 Å². The van der Waals surface area contributed by atoms with Gasteiger partial charge in [-0.25, -0.2) is 0 Å². The fourth-order valence-electron chi connectivity index (χ4n) is 3.76. The number of anilines is 1. The van der Waals surface area contributed by atoms with Gasteiger partial charge >= 0.3 is 0 Å². The predicted octanol–water partition coefficient (Wildman–Crippen LogP) is 5.14. The summed E-state index contributed by atoms with van der Waals surface area (Å²) < 4.78 is 17.7. The Kier molecular flexibility index (Phi) is 7.21. The van der Waals surface area contributed by atoms with Crippen LogP contribution in [0.4, 0.5) is 5.69 Å². The number of amides is 1. The molecule has 3 aromatic rings. The molecule has 0 aliphatic carbocycles. The van der Waals surface area contributed by atoms with Crippen molar-refractivity contribution < 1.29 is 19.0 Å². The van der Waals surface area contributed by atoms with Crippen LogP contribution in [0.3, 0.4) is 0 Å². The van der Waals surface area contributed by atoms with Crippen molar-refractivity contribution in [3.8, 4) is 28.6 Å². The van der Waals surface area contributed by atoms with Gasteiger partial charge < -0.3 is 14.2 Å². The molecule has 1 aliphatic rings. The predicted molar refractivity (Wildman–Crippen MR) is 132 cm³/mol. The van der Waals surface area contributed by atoms with E-state index in [4.69, 9.17) is 19.2 Å². The third-order valence-corrected chi connectivity index (χ3v) is 6.59. The summed E-state index contributed by atoms with van der Waals surface area (Å²) in [5, 5.41) is 9.32. The molecule has 8 nitrogen and oxygen atoms in total. The highest BCUT2D eigenvalue weighted by Crippen LogP contribution is 2.46. The third-order valence-electron chi connectivity index (χ3n) is 5.33. The number of hydrogen-bond acceptors (Lipinski definition) is 8. The first-order chi connectivity index (χ1) is 16.5. The molecule has 2 aromatic carbocycles. The van der Waals surface area contributed by atoms with E-state index >= 15 is 0 Å². The van der Waals surface area contributed by atoms with Crippen LogP contribution in [0, 0.1) is 5.92 Å². The van der Waals surface area contributed by atoms with Crippen molar-refractivity contribution in [2.75, 3.05) is 24.9 Å². The maximum absolute atomic E-state index is 13.3. The summed E-state index contributed by atoms with van der Waals surface area (Å²) in [6, 6.07) is 13.1. The average Bonchev–Trinajstić information content (AvgIpc) is 3.00. The minimum Gasteiger partial charge on any atom is -0.493 e. The normalized spacial score (nSPS) is 14.6.